The fraction of sp³-hybridized carbons (Fsp3) is 0.118. The average Bonchev–Trinajstić information content (AvgIpc) is 3.01. The molecule has 23 heavy (non-hydrogen) atoms. The number of nitrogens with zero attached hydrogens (tertiary/aromatic N) is 3. The summed E-state index contributed by atoms with van der Waals surface area (Å²) >= 11 is 1.34. The maximum absolute atomic E-state index is 12.4. The number of nitriles is 1. The van der Waals surface area contributed by atoms with E-state index in [2.05, 4.69) is 9.97 Å². The number of carbonyl (C=O) groups is 1. The van der Waals surface area contributed by atoms with E-state index in [4.69, 9.17) is 5.26 Å². The SMILES string of the molecule is N#CCN(C(=O)CSc1nc2ccccc2[nH]1)c1ccccc1. The number of para-hydroxylation sites is 3. The number of carbonyl (C=O) groups excluding carboxylic acids is 1. The highest BCUT2D eigenvalue weighted by molar-refractivity contribution is 7.99. The van der Waals surface area contributed by atoms with Crippen LogP contribution in [0.15, 0.2) is 59.8 Å². The molecule has 0 atom stereocenters. The molecular formula is C17H14N4OS. The molecule has 0 aliphatic heterocycles. The summed E-state index contributed by atoms with van der Waals surface area (Å²) in [7, 11) is 0. The number of thioether (sulfide) groups is 1. The van der Waals surface area contributed by atoms with E-state index in [1.807, 2.05) is 60.7 Å². The normalized spacial score (nSPS) is 10.4. The first-order valence-electron chi connectivity index (χ1n) is 7.08. The van der Waals surface area contributed by atoms with E-state index >= 15 is 0 Å². The minimum absolute atomic E-state index is 0.0313. The van der Waals surface area contributed by atoms with Crippen molar-refractivity contribution in [2.45, 2.75) is 5.16 Å². The Morgan fingerprint density at radius 3 is 2.65 bits per heavy atom. The first-order chi connectivity index (χ1) is 11.3. The third kappa shape index (κ3) is 3.52. The fourth-order valence-corrected chi connectivity index (χ4v) is 2.97. The highest BCUT2D eigenvalue weighted by Crippen LogP contribution is 2.21. The number of anilines is 1. The van der Waals surface area contributed by atoms with Crippen LogP contribution in [0.1, 0.15) is 0 Å². The zero-order valence-electron chi connectivity index (χ0n) is 12.3. The number of hydrogen-bond donors (Lipinski definition) is 1. The van der Waals surface area contributed by atoms with Gasteiger partial charge in [-0.05, 0) is 24.3 Å². The molecule has 0 saturated heterocycles. The second kappa shape index (κ2) is 6.99. The number of H-pyrrole nitrogens is 1. The predicted octanol–water partition coefficient (Wildman–Crippen LogP) is 3.21. The van der Waals surface area contributed by atoms with E-state index in [-0.39, 0.29) is 18.2 Å². The second-order valence-corrected chi connectivity index (χ2v) is 5.79. The number of hydrogen-bond acceptors (Lipinski definition) is 4. The molecule has 2 aromatic carbocycles. The Morgan fingerprint density at radius 2 is 1.91 bits per heavy atom. The summed E-state index contributed by atoms with van der Waals surface area (Å²) in [4.78, 5) is 21.5. The molecule has 0 spiro atoms. The van der Waals surface area contributed by atoms with Gasteiger partial charge in [-0.2, -0.15) is 5.26 Å². The maximum atomic E-state index is 12.4. The van der Waals surface area contributed by atoms with Gasteiger partial charge in [-0.1, -0.05) is 42.1 Å². The molecule has 1 heterocycles. The maximum Gasteiger partial charge on any atom is 0.238 e. The zero-order valence-corrected chi connectivity index (χ0v) is 13.1. The van der Waals surface area contributed by atoms with E-state index in [0.717, 1.165) is 16.7 Å². The minimum atomic E-state index is -0.122. The Balaban J connectivity index is 1.70. The Morgan fingerprint density at radius 1 is 1.17 bits per heavy atom. The van der Waals surface area contributed by atoms with Crippen molar-refractivity contribution in [3.63, 3.8) is 0 Å². The highest BCUT2D eigenvalue weighted by Gasteiger charge is 2.16. The van der Waals surface area contributed by atoms with Gasteiger partial charge < -0.3 is 4.98 Å². The van der Waals surface area contributed by atoms with Crippen molar-refractivity contribution in [3.05, 3.63) is 54.6 Å². The highest BCUT2D eigenvalue weighted by atomic mass is 32.2. The van der Waals surface area contributed by atoms with Gasteiger partial charge in [0.1, 0.15) is 6.54 Å². The lowest BCUT2D eigenvalue weighted by atomic mass is 10.3. The van der Waals surface area contributed by atoms with Gasteiger partial charge in [0.15, 0.2) is 5.16 Å². The molecule has 0 unspecified atom stereocenters. The lowest BCUT2D eigenvalue weighted by Gasteiger charge is -2.19. The second-order valence-electron chi connectivity index (χ2n) is 4.82. The van der Waals surface area contributed by atoms with Crippen LogP contribution < -0.4 is 4.90 Å². The molecule has 0 bridgehead atoms. The van der Waals surface area contributed by atoms with Gasteiger partial charge in [0.25, 0.3) is 0 Å². The monoisotopic (exact) mass is 322 g/mol. The standard InChI is InChI=1S/C17H14N4OS/c18-10-11-21(13-6-2-1-3-7-13)16(22)12-23-17-19-14-8-4-5-9-15(14)20-17/h1-9H,11-12H2,(H,19,20). The number of aromatic nitrogens is 2. The Bertz CT molecular complexity index is 821. The van der Waals surface area contributed by atoms with Crippen molar-refractivity contribution < 1.29 is 4.79 Å². The molecule has 3 aromatic rings. The Labute approximate surface area is 137 Å². The van der Waals surface area contributed by atoms with Crippen molar-refractivity contribution in [2.75, 3.05) is 17.2 Å². The van der Waals surface area contributed by atoms with E-state index in [1.165, 1.54) is 16.7 Å². The Kier molecular flexibility index (Phi) is 4.60. The third-order valence-corrected chi connectivity index (χ3v) is 4.16. The first-order valence-corrected chi connectivity index (χ1v) is 8.06. The molecule has 1 aromatic heterocycles. The third-order valence-electron chi connectivity index (χ3n) is 3.30. The molecule has 0 radical (unpaired) electrons. The van der Waals surface area contributed by atoms with E-state index in [1.54, 1.807) is 0 Å². The van der Waals surface area contributed by atoms with Crippen LogP contribution in [-0.4, -0.2) is 28.2 Å². The van der Waals surface area contributed by atoms with Crippen molar-refractivity contribution in [2.24, 2.45) is 0 Å². The van der Waals surface area contributed by atoms with Gasteiger partial charge in [-0.3, -0.25) is 9.69 Å². The van der Waals surface area contributed by atoms with E-state index in [0.29, 0.717) is 5.16 Å². The van der Waals surface area contributed by atoms with Gasteiger partial charge in [0.05, 0.1) is 22.9 Å². The number of amides is 1. The van der Waals surface area contributed by atoms with Crippen LogP contribution in [-0.2, 0) is 4.79 Å². The number of aromatic amines is 1. The van der Waals surface area contributed by atoms with E-state index < -0.39 is 0 Å². The molecule has 0 saturated carbocycles. The molecule has 3 rings (SSSR count). The summed E-state index contributed by atoms with van der Waals surface area (Å²) in [6.07, 6.45) is 0. The van der Waals surface area contributed by atoms with Crippen LogP contribution in [0, 0.1) is 11.3 Å². The summed E-state index contributed by atoms with van der Waals surface area (Å²) in [5.74, 6) is 0.0966. The summed E-state index contributed by atoms with van der Waals surface area (Å²) in [5.41, 5.74) is 2.54. The van der Waals surface area contributed by atoms with Gasteiger partial charge >= 0.3 is 0 Å². The number of fused-ring (bicyclic) bond motifs is 1. The first kappa shape index (κ1) is 15.1. The van der Waals surface area contributed by atoms with E-state index in [9.17, 15) is 4.79 Å². The fourth-order valence-electron chi connectivity index (χ4n) is 2.21. The van der Waals surface area contributed by atoms with Crippen molar-refractivity contribution in [3.8, 4) is 6.07 Å². The topological polar surface area (TPSA) is 72.8 Å². The lowest BCUT2D eigenvalue weighted by molar-refractivity contribution is -0.116. The molecule has 0 aliphatic rings. The molecule has 0 aliphatic carbocycles. The van der Waals surface area contributed by atoms with Crippen LogP contribution in [0.25, 0.3) is 11.0 Å². The predicted molar refractivity (Wildman–Crippen MR) is 91.2 cm³/mol. The van der Waals surface area contributed by atoms with Gasteiger partial charge in [0.2, 0.25) is 5.91 Å². The molecule has 6 heteroatoms. The van der Waals surface area contributed by atoms with Gasteiger partial charge in [-0.15, -0.1) is 0 Å². The molecule has 1 amide bonds. The van der Waals surface area contributed by atoms with Crippen molar-refractivity contribution in [1.82, 2.24) is 9.97 Å². The molecule has 0 fully saturated rings. The number of rotatable bonds is 5. The van der Waals surface area contributed by atoms with Crippen LogP contribution in [0.5, 0.6) is 0 Å². The summed E-state index contributed by atoms with van der Waals surface area (Å²) < 4.78 is 0. The largest absolute Gasteiger partial charge is 0.333 e. The number of imidazole rings is 1. The molecule has 114 valence electrons. The number of nitrogens with one attached hydrogen (secondary N) is 1. The number of benzene rings is 2. The summed E-state index contributed by atoms with van der Waals surface area (Å²) in [5, 5.41) is 9.66. The van der Waals surface area contributed by atoms with Crippen molar-refractivity contribution in [1.29, 1.82) is 5.26 Å². The summed E-state index contributed by atoms with van der Waals surface area (Å²) in [6, 6.07) is 19.0. The minimum Gasteiger partial charge on any atom is -0.333 e. The molecular weight excluding hydrogens is 308 g/mol. The average molecular weight is 322 g/mol. The molecule has 5 nitrogen and oxygen atoms in total. The smallest absolute Gasteiger partial charge is 0.238 e. The zero-order chi connectivity index (χ0) is 16.1. The van der Waals surface area contributed by atoms with Crippen LogP contribution in [0.2, 0.25) is 0 Å². The summed E-state index contributed by atoms with van der Waals surface area (Å²) in [6.45, 7) is 0.0313. The van der Waals surface area contributed by atoms with Crippen LogP contribution >= 0.6 is 11.8 Å². The molecule has 1 N–H and O–H groups in total. The van der Waals surface area contributed by atoms with Gasteiger partial charge in [-0.25, -0.2) is 4.98 Å². The van der Waals surface area contributed by atoms with Gasteiger partial charge in [0, 0.05) is 5.69 Å². The lowest BCUT2D eigenvalue weighted by Crippen LogP contribution is -2.32. The van der Waals surface area contributed by atoms with Crippen LogP contribution in [0.3, 0.4) is 0 Å². The van der Waals surface area contributed by atoms with Crippen LogP contribution in [0.4, 0.5) is 5.69 Å². The van der Waals surface area contributed by atoms with Crippen molar-refractivity contribution >= 4 is 34.4 Å². The quantitative estimate of drug-likeness (QED) is 0.578. The Hall–Kier alpha value is -2.78.